The number of benzene rings is 1. The lowest BCUT2D eigenvalue weighted by atomic mass is 10.1. The largest absolute Gasteiger partial charge is 0.497 e. The van der Waals surface area contributed by atoms with Gasteiger partial charge in [0.05, 0.1) is 12.6 Å². The van der Waals surface area contributed by atoms with E-state index in [1.165, 1.54) is 22.2 Å². The van der Waals surface area contributed by atoms with Crippen molar-refractivity contribution in [3.8, 4) is 5.75 Å². The van der Waals surface area contributed by atoms with Crippen molar-refractivity contribution < 1.29 is 4.74 Å². The highest BCUT2D eigenvalue weighted by Gasteiger charge is 2.09. The van der Waals surface area contributed by atoms with Gasteiger partial charge in [0.1, 0.15) is 5.75 Å². The van der Waals surface area contributed by atoms with Gasteiger partial charge in [-0.15, -0.1) is 0 Å². The fraction of sp³-hybridized carbons (Fsp3) is 0.385. The molecule has 2 N–H and O–H groups in total. The van der Waals surface area contributed by atoms with Gasteiger partial charge in [-0.1, -0.05) is 0 Å². The van der Waals surface area contributed by atoms with E-state index >= 15 is 0 Å². The number of nitrogens with two attached hydrogens (primary N) is 1. The van der Waals surface area contributed by atoms with Gasteiger partial charge < -0.3 is 15.0 Å². The summed E-state index contributed by atoms with van der Waals surface area (Å²) in [5.74, 6) is 0.912. The molecule has 3 nitrogen and oxygen atoms in total. The summed E-state index contributed by atoms with van der Waals surface area (Å²) in [6.45, 7) is 5.75. The highest BCUT2D eigenvalue weighted by Crippen LogP contribution is 2.27. The second-order valence-electron chi connectivity index (χ2n) is 4.11. The molecule has 0 radical (unpaired) electrons. The maximum absolute atomic E-state index is 5.64. The number of rotatable bonds is 3. The van der Waals surface area contributed by atoms with Crippen molar-refractivity contribution in [1.29, 1.82) is 0 Å². The Labute approximate surface area is 95.8 Å². The van der Waals surface area contributed by atoms with Crippen LogP contribution in [0, 0.1) is 13.8 Å². The van der Waals surface area contributed by atoms with Crippen LogP contribution in [-0.2, 0) is 6.54 Å². The van der Waals surface area contributed by atoms with E-state index in [1.54, 1.807) is 7.11 Å². The minimum Gasteiger partial charge on any atom is -0.497 e. The molecule has 1 heterocycles. The van der Waals surface area contributed by atoms with Crippen LogP contribution in [0.5, 0.6) is 5.75 Å². The Morgan fingerprint density at radius 2 is 2.00 bits per heavy atom. The number of methoxy groups -OCH3 is 1. The molecule has 0 saturated carbocycles. The number of aromatic nitrogens is 1. The third kappa shape index (κ3) is 1.67. The zero-order chi connectivity index (χ0) is 11.7. The fourth-order valence-corrected chi connectivity index (χ4v) is 2.27. The average molecular weight is 218 g/mol. The number of aryl methyl sites for hydroxylation is 2. The number of fused-ring (bicyclic) bond motifs is 1. The highest BCUT2D eigenvalue weighted by atomic mass is 16.5. The van der Waals surface area contributed by atoms with Crippen LogP contribution in [0.25, 0.3) is 10.9 Å². The van der Waals surface area contributed by atoms with E-state index in [0.717, 1.165) is 12.3 Å². The number of hydrogen-bond acceptors (Lipinski definition) is 2. The molecule has 0 aliphatic rings. The molecule has 0 aliphatic heterocycles. The summed E-state index contributed by atoms with van der Waals surface area (Å²) < 4.78 is 7.55. The maximum atomic E-state index is 5.64. The quantitative estimate of drug-likeness (QED) is 0.858. The van der Waals surface area contributed by atoms with Gasteiger partial charge in [-0.25, -0.2) is 0 Å². The Hall–Kier alpha value is -1.48. The van der Waals surface area contributed by atoms with E-state index < -0.39 is 0 Å². The monoisotopic (exact) mass is 218 g/mol. The third-order valence-corrected chi connectivity index (χ3v) is 2.95. The van der Waals surface area contributed by atoms with Crippen LogP contribution in [-0.4, -0.2) is 18.2 Å². The Morgan fingerprint density at radius 1 is 1.25 bits per heavy atom. The van der Waals surface area contributed by atoms with E-state index in [0.29, 0.717) is 6.54 Å². The number of hydrogen-bond donors (Lipinski definition) is 1. The first kappa shape index (κ1) is 11.0. The van der Waals surface area contributed by atoms with Gasteiger partial charge in [0.25, 0.3) is 0 Å². The molecule has 1 aromatic heterocycles. The molecule has 0 bridgehead atoms. The molecule has 0 aliphatic carbocycles. The third-order valence-electron chi connectivity index (χ3n) is 2.95. The van der Waals surface area contributed by atoms with Crippen molar-refractivity contribution in [2.75, 3.05) is 13.7 Å². The summed E-state index contributed by atoms with van der Waals surface area (Å²) in [7, 11) is 1.70. The summed E-state index contributed by atoms with van der Waals surface area (Å²) in [6.07, 6.45) is 0. The first-order valence-electron chi connectivity index (χ1n) is 5.52. The van der Waals surface area contributed by atoms with Crippen LogP contribution < -0.4 is 10.5 Å². The summed E-state index contributed by atoms with van der Waals surface area (Å²) in [5.41, 5.74) is 9.39. The smallest absolute Gasteiger partial charge is 0.119 e. The van der Waals surface area contributed by atoms with Gasteiger partial charge in [0.2, 0.25) is 0 Å². The van der Waals surface area contributed by atoms with Gasteiger partial charge in [0, 0.05) is 24.2 Å². The molecule has 16 heavy (non-hydrogen) atoms. The van der Waals surface area contributed by atoms with E-state index in [4.69, 9.17) is 10.5 Å². The van der Waals surface area contributed by atoms with Gasteiger partial charge >= 0.3 is 0 Å². The summed E-state index contributed by atoms with van der Waals surface area (Å²) >= 11 is 0. The van der Waals surface area contributed by atoms with E-state index in [-0.39, 0.29) is 0 Å². The van der Waals surface area contributed by atoms with Crippen molar-refractivity contribution >= 4 is 10.9 Å². The van der Waals surface area contributed by atoms with E-state index in [2.05, 4.69) is 36.6 Å². The molecule has 2 rings (SSSR count). The number of nitrogens with zero attached hydrogens (tertiary/aromatic N) is 1. The second-order valence-corrected chi connectivity index (χ2v) is 4.11. The minimum atomic E-state index is 0.663. The molecule has 0 fully saturated rings. The molecule has 0 atom stereocenters. The first-order chi connectivity index (χ1) is 7.67. The summed E-state index contributed by atoms with van der Waals surface area (Å²) in [6, 6.07) is 6.32. The summed E-state index contributed by atoms with van der Waals surface area (Å²) in [5, 5.41) is 1.22. The molecular formula is C13H18N2O. The van der Waals surface area contributed by atoms with E-state index in [9.17, 15) is 0 Å². The van der Waals surface area contributed by atoms with Gasteiger partial charge in [-0.3, -0.25) is 0 Å². The molecule has 2 aromatic rings. The minimum absolute atomic E-state index is 0.663. The van der Waals surface area contributed by atoms with Crippen LogP contribution in [0.4, 0.5) is 0 Å². The molecule has 0 unspecified atom stereocenters. The van der Waals surface area contributed by atoms with Crippen molar-refractivity contribution in [2.24, 2.45) is 5.73 Å². The van der Waals surface area contributed by atoms with Gasteiger partial charge in [-0.2, -0.15) is 0 Å². The topological polar surface area (TPSA) is 40.2 Å². The van der Waals surface area contributed by atoms with Crippen LogP contribution in [0.3, 0.4) is 0 Å². The Morgan fingerprint density at radius 3 is 2.62 bits per heavy atom. The molecule has 0 spiro atoms. The van der Waals surface area contributed by atoms with Crippen LogP contribution in [0.2, 0.25) is 0 Å². The highest BCUT2D eigenvalue weighted by molar-refractivity contribution is 5.86. The predicted molar refractivity (Wildman–Crippen MR) is 67.0 cm³/mol. The lowest BCUT2D eigenvalue weighted by Crippen LogP contribution is -2.11. The Bertz CT molecular complexity index is 514. The van der Waals surface area contributed by atoms with Crippen molar-refractivity contribution in [3.05, 3.63) is 29.5 Å². The zero-order valence-corrected chi connectivity index (χ0v) is 10.1. The molecular weight excluding hydrogens is 200 g/mol. The first-order valence-corrected chi connectivity index (χ1v) is 5.52. The van der Waals surface area contributed by atoms with Gasteiger partial charge in [-0.05, 0) is 37.6 Å². The Balaban J connectivity index is 2.69. The zero-order valence-electron chi connectivity index (χ0n) is 10.1. The van der Waals surface area contributed by atoms with E-state index in [1.807, 2.05) is 0 Å². The molecule has 86 valence electrons. The molecule has 0 saturated heterocycles. The second kappa shape index (κ2) is 4.18. The fourth-order valence-electron chi connectivity index (χ4n) is 2.27. The normalized spacial score (nSPS) is 11.0. The number of ether oxygens (including phenoxy) is 1. The molecule has 3 heteroatoms. The molecule has 1 aromatic carbocycles. The van der Waals surface area contributed by atoms with Gasteiger partial charge in [0.15, 0.2) is 0 Å². The summed E-state index contributed by atoms with van der Waals surface area (Å²) in [4.78, 5) is 0. The van der Waals surface area contributed by atoms with Crippen molar-refractivity contribution in [2.45, 2.75) is 20.4 Å². The lowest BCUT2D eigenvalue weighted by Gasteiger charge is -2.09. The Kier molecular flexibility index (Phi) is 2.88. The maximum Gasteiger partial charge on any atom is 0.119 e. The van der Waals surface area contributed by atoms with Crippen molar-refractivity contribution in [3.63, 3.8) is 0 Å². The average Bonchev–Trinajstić information content (AvgIpc) is 2.56. The van der Waals surface area contributed by atoms with Crippen LogP contribution >= 0.6 is 0 Å². The SMILES string of the molecule is COc1cc(C)c2c(c1)cc(C)n2CCN. The predicted octanol–water partition coefficient (Wildman–Crippen LogP) is 2.23. The van der Waals surface area contributed by atoms with Crippen LogP contribution in [0.15, 0.2) is 18.2 Å². The molecule has 0 amide bonds. The van der Waals surface area contributed by atoms with Crippen LogP contribution in [0.1, 0.15) is 11.3 Å². The lowest BCUT2D eigenvalue weighted by molar-refractivity contribution is 0.415. The standard InChI is InChI=1S/C13H18N2O/c1-9-6-12(16-3)8-11-7-10(2)15(5-4-14)13(9)11/h6-8H,4-5,14H2,1-3H3. The van der Waals surface area contributed by atoms with Crippen molar-refractivity contribution in [1.82, 2.24) is 4.57 Å².